The van der Waals surface area contributed by atoms with Crippen LogP contribution in [-0.2, 0) is 4.79 Å². The van der Waals surface area contributed by atoms with Crippen LogP contribution < -0.4 is 16.0 Å². The molecule has 142 valence electrons. The largest absolute Gasteiger partial charge is 0.356 e. The maximum atomic E-state index is 12.0. The summed E-state index contributed by atoms with van der Waals surface area (Å²) in [7, 11) is 1.78. The van der Waals surface area contributed by atoms with Gasteiger partial charge in [-0.3, -0.25) is 9.79 Å². The summed E-state index contributed by atoms with van der Waals surface area (Å²) in [6.07, 6.45) is 2.25. The van der Waals surface area contributed by atoms with E-state index in [1.165, 1.54) is 0 Å². The van der Waals surface area contributed by atoms with E-state index in [0.717, 1.165) is 31.9 Å². The van der Waals surface area contributed by atoms with Crippen LogP contribution in [-0.4, -0.2) is 62.1 Å². The number of aliphatic imine (C=N–C) groups is 1. The number of halogens is 1. The monoisotopic (exact) mass is 453 g/mol. The Kier molecular flexibility index (Phi) is 10.9. The van der Waals surface area contributed by atoms with Crippen LogP contribution in [0.3, 0.4) is 0 Å². The van der Waals surface area contributed by atoms with E-state index in [9.17, 15) is 4.79 Å². The molecule has 3 N–H and O–H groups in total. The van der Waals surface area contributed by atoms with Crippen molar-refractivity contribution >= 4 is 35.8 Å². The number of guanidine groups is 1. The molecule has 1 amide bonds. The first-order valence-electron chi connectivity index (χ1n) is 8.79. The molecule has 24 heavy (non-hydrogen) atoms. The molecular formula is C17H36IN5O. The first-order valence-corrected chi connectivity index (χ1v) is 8.79. The van der Waals surface area contributed by atoms with Crippen LogP contribution in [0, 0.1) is 5.41 Å². The summed E-state index contributed by atoms with van der Waals surface area (Å²) in [5.41, 5.74) is -0.464. The van der Waals surface area contributed by atoms with Gasteiger partial charge in [0.25, 0.3) is 0 Å². The van der Waals surface area contributed by atoms with Gasteiger partial charge in [0.05, 0.1) is 5.41 Å². The molecule has 7 heteroatoms. The van der Waals surface area contributed by atoms with E-state index < -0.39 is 5.41 Å². The molecule has 0 bridgehead atoms. The molecule has 1 aliphatic heterocycles. The Bertz CT molecular complexity index is 404. The number of amides is 1. The van der Waals surface area contributed by atoms with E-state index in [4.69, 9.17) is 0 Å². The lowest BCUT2D eigenvalue weighted by molar-refractivity contribution is -0.128. The Morgan fingerprint density at radius 3 is 2.29 bits per heavy atom. The lowest BCUT2D eigenvalue weighted by Crippen LogP contribution is -2.52. The normalized spacial score (nSPS) is 17.4. The lowest BCUT2D eigenvalue weighted by atomic mass is 9.92. The van der Waals surface area contributed by atoms with Gasteiger partial charge in [0, 0.05) is 45.3 Å². The molecule has 0 unspecified atom stereocenters. The highest BCUT2D eigenvalue weighted by Gasteiger charge is 2.28. The van der Waals surface area contributed by atoms with Crippen LogP contribution >= 0.6 is 24.0 Å². The van der Waals surface area contributed by atoms with Crippen molar-refractivity contribution in [3.8, 4) is 0 Å². The van der Waals surface area contributed by atoms with Crippen molar-refractivity contribution < 1.29 is 4.79 Å². The molecule has 1 heterocycles. The number of carbonyl (C=O) groups is 1. The van der Waals surface area contributed by atoms with Gasteiger partial charge in [0.1, 0.15) is 0 Å². The molecule has 0 aromatic rings. The SMILES string of the molecule is CCNC(=O)C(C)(C)CNC(=NC)NC1CCN(C(C)C)CC1.I. The molecule has 0 aromatic carbocycles. The Balaban J connectivity index is 0.00000529. The minimum Gasteiger partial charge on any atom is -0.356 e. The van der Waals surface area contributed by atoms with Crippen LogP contribution in [0.25, 0.3) is 0 Å². The van der Waals surface area contributed by atoms with Crippen molar-refractivity contribution in [2.45, 2.75) is 59.5 Å². The second-order valence-corrected chi connectivity index (χ2v) is 7.22. The highest BCUT2D eigenvalue weighted by atomic mass is 127. The van der Waals surface area contributed by atoms with Gasteiger partial charge in [-0.2, -0.15) is 0 Å². The van der Waals surface area contributed by atoms with E-state index in [-0.39, 0.29) is 29.9 Å². The van der Waals surface area contributed by atoms with Crippen molar-refractivity contribution in [1.82, 2.24) is 20.9 Å². The smallest absolute Gasteiger partial charge is 0.227 e. The van der Waals surface area contributed by atoms with Crippen LogP contribution in [0.1, 0.15) is 47.5 Å². The van der Waals surface area contributed by atoms with Crippen molar-refractivity contribution in [2.75, 3.05) is 33.2 Å². The summed E-state index contributed by atoms with van der Waals surface area (Å²) in [5, 5.41) is 9.66. The van der Waals surface area contributed by atoms with Crippen LogP contribution in [0.2, 0.25) is 0 Å². The topological polar surface area (TPSA) is 68.8 Å². The maximum Gasteiger partial charge on any atom is 0.227 e. The number of nitrogens with one attached hydrogen (secondary N) is 3. The first kappa shape index (κ1) is 23.4. The lowest BCUT2D eigenvalue weighted by Gasteiger charge is -2.35. The fourth-order valence-electron chi connectivity index (χ4n) is 2.73. The second kappa shape index (κ2) is 11.1. The molecule has 0 aromatic heterocycles. The average Bonchev–Trinajstić information content (AvgIpc) is 2.52. The maximum absolute atomic E-state index is 12.0. The summed E-state index contributed by atoms with van der Waals surface area (Å²) in [5.74, 6) is 0.846. The Hall–Kier alpha value is -0.570. The fourth-order valence-corrected chi connectivity index (χ4v) is 2.73. The van der Waals surface area contributed by atoms with E-state index in [2.05, 4.69) is 39.7 Å². The summed E-state index contributed by atoms with van der Waals surface area (Å²) < 4.78 is 0. The zero-order valence-corrected chi connectivity index (χ0v) is 18.4. The number of nitrogens with zero attached hydrogens (tertiary/aromatic N) is 2. The Labute approximate surface area is 164 Å². The molecule has 1 fully saturated rings. The minimum atomic E-state index is -0.464. The van der Waals surface area contributed by atoms with Crippen LogP contribution in [0.5, 0.6) is 0 Å². The molecular weight excluding hydrogens is 417 g/mol. The average molecular weight is 453 g/mol. The van der Waals surface area contributed by atoms with E-state index >= 15 is 0 Å². The first-order chi connectivity index (χ1) is 10.8. The molecule has 1 aliphatic rings. The fraction of sp³-hybridized carbons (Fsp3) is 0.882. The summed E-state index contributed by atoms with van der Waals surface area (Å²) >= 11 is 0. The number of piperidine rings is 1. The molecule has 0 saturated carbocycles. The van der Waals surface area contributed by atoms with Crippen LogP contribution in [0.15, 0.2) is 4.99 Å². The minimum absolute atomic E-state index is 0. The van der Waals surface area contributed by atoms with Crippen molar-refractivity contribution in [3.63, 3.8) is 0 Å². The zero-order valence-electron chi connectivity index (χ0n) is 16.1. The van der Waals surface area contributed by atoms with Gasteiger partial charge in [-0.15, -0.1) is 24.0 Å². The second-order valence-electron chi connectivity index (χ2n) is 7.22. The zero-order chi connectivity index (χ0) is 17.5. The molecule has 0 atom stereocenters. The van der Waals surface area contributed by atoms with Gasteiger partial charge in [-0.25, -0.2) is 0 Å². The third-order valence-electron chi connectivity index (χ3n) is 4.47. The van der Waals surface area contributed by atoms with E-state index in [1.54, 1.807) is 7.05 Å². The van der Waals surface area contributed by atoms with Crippen LogP contribution in [0.4, 0.5) is 0 Å². The van der Waals surface area contributed by atoms with E-state index in [0.29, 0.717) is 25.2 Å². The van der Waals surface area contributed by atoms with Gasteiger partial charge >= 0.3 is 0 Å². The number of hydrogen-bond acceptors (Lipinski definition) is 3. The van der Waals surface area contributed by atoms with Gasteiger partial charge in [-0.05, 0) is 47.5 Å². The van der Waals surface area contributed by atoms with Crippen molar-refractivity contribution in [2.24, 2.45) is 10.4 Å². The molecule has 0 radical (unpaired) electrons. The molecule has 0 spiro atoms. The van der Waals surface area contributed by atoms with Crippen molar-refractivity contribution in [1.29, 1.82) is 0 Å². The summed E-state index contributed by atoms with van der Waals surface area (Å²) in [6, 6.07) is 1.06. The Morgan fingerprint density at radius 1 is 1.25 bits per heavy atom. The van der Waals surface area contributed by atoms with Gasteiger partial charge in [0.15, 0.2) is 5.96 Å². The number of rotatable bonds is 6. The third-order valence-corrected chi connectivity index (χ3v) is 4.47. The summed E-state index contributed by atoms with van der Waals surface area (Å²) in [4.78, 5) is 18.8. The van der Waals surface area contributed by atoms with Gasteiger partial charge < -0.3 is 20.9 Å². The van der Waals surface area contributed by atoms with Gasteiger partial charge in [-0.1, -0.05) is 0 Å². The molecule has 0 aliphatic carbocycles. The van der Waals surface area contributed by atoms with Crippen molar-refractivity contribution in [3.05, 3.63) is 0 Å². The highest BCUT2D eigenvalue weighted by molar-refractivity contribution is 14.0. The Morgan fingerprint density at radius 2 is 1.83 bits per heavy atom. The molecule has 1 saturated heterocycles. The quantitative estimate of drug-likeness (QED) is 0.326. The van der Waals surface area contributed by atoms with Gasteiger partial charge in [0.2, 0.25) is 5.91 Å². The third kappa shape index (κ3) is 7.55. The predicted molar refractivity (Wildman–Crippen MR) is 112 cm³/mol. The molecule has 1 rings (SSSR count). The predicted octanol–water partition coefficient (Wildman–Crippen LogP) is 1.80. The standard InChI is InChI=1S/C17H35N5O.HI/c1-7-19-15(23)17(4,5)12-20-16(18-6)21-14-8-10-22(11-9-14)13(2)3;/h13-14H,7-12H2,1-6H3,(H,19,23)(H2,18,20,21);1H. The number of carbonyl (C=O) groups excluding carboxylic acids is 1. The number of hydrogen-bond donors (Lipinski definition) is 3. The van der Waals surface area contributed by atoms with E-state index in [1.807, 2.05) is 20.8 Å². The summed E-state index contributed by atoms with van der Waals surface area (Å²) in [6.45, 7) is 13.8. The molecule has 6 nitrogen and oxygen atoms in total. The highest BCUT2D eigenvalue weighted by Crippen LogP contribution is 2.14. The number of likely N-dealkylation sites (tertiary alicyclic amines) is 1.